The van der Waals surface area contributed by atoms with E-state index >= 15 is 0 Å². The van der Waals surface area contributed by atoms with Crippen LogP contribution in [0, 0.1) is 0 Å². The molecule has 2 aromatic carbocycles. The summed E-state index contributed by atoms with van der Waals surface area (Å²) in [5.74, 6) is 1.11. The molecule has 10 heteroatoms. The van der Waals surface area contributed by atoms with E-state index in [1.165, 1.54) is 20.3 Å². The number of methoxy groups -OCH3 is 2. The number of hydrogen-bond acceptors (Lipinski definition) is 7. The van der Waals surface area contributed by atoms with Crippen molar-refractivity contribution in [3.05, 3.63) is 53.2 Å². The summed E-state index contributed by atoms with van der Waals surface area (Å²) in [7, 11) is 3.07. The second kappa shape index (κ2) is 10.5. The molecule has 1 aliphatic rings. The van der Waals surface area contributed by atoms with Gasteiger partial charge in [-0.1, -0.05) is 35.8 Å². The number of nitrogens with one attached hydrogen (secondary N) is 2. The highest BCUT2D eigenvalue weighted by Crippen LogP contribution is 2.46. The Hall–Kier alpha value is -3.07. The molecule has 1 amide bonds. The first kappa shape index (κ1) is 26.0. The van der Waals surface area contributed by atoms with Gasteiger partial charge in [0, 0.05) is 23.2 Å². The summed E-state index contributed by atoms with van der Waals surface area (Å²) in [6.07, 6.45) is 3.62. The third kappa shape index (κ3) is 5.36. The quantitative estimate of drug-likeness (QED) is 0.401. The number of halogens is 2. The van der Waals surface area contributed by atoms with Crippen molar-refractivity contribution < 1.29 is 19.0 Å². The van der Waals surface area contributed by atoms with Crippen LogP contribution in [0.1, 0.15) is 20.3 Å². The number of anilines is 1. The maximum atomic E-state index is 12.0. The topological polar surface area (TPSA) is 94.6 Å². The third-order valence-corrected chi connectivity index (χ3v) is 6.87. The summed E-state index contributed by atoms with van der Waals surface area (Å²) in [4.78, 5) is 21.1. The summed E-state index contributed by atoms with van der Waals surface area (Å²) in [6.45, 7) is 7.93. The molecule has 0 saturated carbocycles. The van der Waals surface area contributed by atoms with E-state index in [4.69, 9.17) is 37.4 Å². The molecule has 1 fully saturated rings. The Kier molecular flexibility index (Phi) is 7.59. The van der Waals surface area contributed by atoms with E-state index in [9.17, 15) is 4.79 Å². The number of carbonyl (C=O) groups excluding carboxylic acids is 1. The number of ether oxygens (including phenoxy) is 3. The van der Waals surface area contributed by atoms with Gasteiger partial charge in [-0.25, -0.2) is 9.97 Å². The van der Waals surface area contributed by atoms with E-state index in [-0.39, 0.29) is 23.6 Å². The predicted molar refractivity (Wildman–Crippen MR) is 142 cm³/mol. The van der Waals surface area contributed by atoms with E-state index in [2.05, 4.69) is 27.2 Å². The number of hydrogen-bond donors (Lipinski definition) is 2. The molecule has 2 heterocycles. The lowest BCUT2D eigenvalue weighted by Crippen LogP contribution is -2.56. The minimum atomic E-state index is -0.358. The molecule has 2 atom stereocenters. The van der Waals surface area contributed by atoms with Crippen LogP contribution in [0.3, 0.4) is 0 Å². The number of aromatic nitrogens is 2. The number of carbonyl (C=O) groups is 1. The molecular weight excluding hydrogens is 503 g/mol. The van der Waals surface area contributed by atoms with Crippen molar-refractivity contribution in [2.75, 3.05) is 26.1 Å². The van der Waals surface area contributed by atoms with Gasteiger partial charge in [0.1, 0.15) is 11.5 Å². The molecule has 4 rings (SSSR count). The molecule has 1 aliphatic heterocycles. The van der Waals surface area contributed by atoms with Gasteiger partial charge in [0.15, 0.2) is 0 Å². The van der Waals surface area contributed by atoms with Crippen molar-refractivity contribution in [1.29, 1.82) is 0 Å². The van der Waals surface area contributed by atoms with Gasteiger partial charge in [-0.15, -0.1) is 0 Å². The Balaban J connectivity index is 1.63. The number of rotatable bonds is 7. The van der Waals surface area contributed by atoms with Crippen molar-refractivity contribution in [2.24, 2.45) is 0 Å². The summed E-state index contributed by atoms with van der Waals surface area (Å²) in [5, 5.41) is 7.86. The Morgan fingerprint density at radius 1 is 1.17 bits per heavy atom. The van der Waals surface area contributed by atoms with Crippen molar-refractivity contribution in [2.45, 2.75) is 38.0 Å². The third-order valence-electron chi connectivity index (χ3n) is 6.12. The molecule has 3 aromatic rings. The van der Waals surface area contributed by atoms with Crippen molar-refractivity contribution in [3.8, 4) is 22.6 Å². The van der Waals surface area contributed by atoms with Gasteiger partial charge in [-0.2, -0.15) is 0 Å². The first-order valence-electron chi connectivity index (χ1n) is 11.4. The zero-order valence-corrected chi connectivity index (χ0v) is 22.0. The summed E-state index contributed by atoms with van der Waals surface area (Å²) in [6, 6.07) is 6.92. The first-order chi connectivity index (χ1) is 17.2. The van der Waals surface area contributed by atoms with E-state index in [1.807, 2.05) is 32.0 Å². The highest BCUT2D eigenvalue weighted by Gasteiger charge is 2.36. The number of benzene rings is 2. The van der Waals surface area contributed by atoms with Gasteiger partial charge in [0.2, 0.25) is 11.9 Å². The maximum absolute atomic E-state index is 12.0. The molecule has 0 radical (unpaired) electrons. The maximum Gasteiger partial charge on any atom is 0.243 e. The molecule has 1 saturated heterocycles. The monoisotopic (exact) mass is 530 g/mol. The lowest BCUT2D eigenvalue weighted by atomic mass is 9.90. The highest BCUT2D eigenvalue weighted by molar-refractivity contribution is 6.41. The summed E-state index contributed by atoms with van der Waals surface area (Å²) < 4.78 is 16.7. The van der Waals surface area contributed by atoms with Crippen LogP contribution in [0.2, 0.25) is 10.0 Å². The van der Waals surface area contributed by atoms with Crippen LogP contribution in [0.25, 0.3) is 22.0 Å². The van der Waals surface area contributed by atoms with Crippen LogP contribution >= 0.6 is 23.2 Å². The number of nitrogens with zero attached hydrogens (tertiary/aromatic N) is 2. The molecule has 0 bridgehead atoms. The average Bonchev–Trinajstić information content (AvgIpc) is 2.85. The molecule has 36 heavy (non-hydrogen) atoms. The smallest absolute Gasteiger partial charge is 0.243 e. The molecule has 190 valence electrons. The summed E-state index contributed by atoms with van der Waals surface area (Å²) in [5.41, 5.74) is 1.74. The van der Waals surface area contributed by atoms with E-state index in [0.29, 0.717) is 46.1 Å². The Morgan fingerprint density at radius 3 is 2.50 bits per heavy atom. The SMILES string of the molecule is C=CC(=O)N[C@H]1CC(C)(C)OC[C@H]1Nc1ncc2cc(-c3c(Cl)c(OC)cc(OC)c3Cl)ccc2n1. The molecule has 0 aliphatic carbocycles. The van der Waals surface area contributed by atoms with Crippen molar-refractivity contribution >= 4 is 46.0 Å². The molecular formula is C26H28Cl2N4O4. The molecule has 0 unspecified atom stereocenters. The van der Waals surface area contributed by atoms with Crippen LogP contribution in [0.5, 0.6) is 11.5 Å². The summed E-state index contributed by atoms with van der Waals surface area (Å²) >= 11 is 13.2. The zero-order chi connectivity index (χ0) is 26.0. The van der Waals surface area contributed by atoms with E-state index in [1.54, 1.807) is 12.3 Å². The van der Waals surface area contributed by atoms with Crippen LogP contribution in [0.4, 0.5) is 5.95 Å². The van der Waals surface area contributed by atoms with Crippen LogP contribution < -0.4 is 20.1 Å². The van der Waals surface area contributed by atoms with Gasteiger partial charge in [-0.05, 0) is 44.0 Å². The van der Waals surface area contributed by atoms with E-state index in [0.717, 1.165) is 16.5 Å². The number of fused-ring (bicyclic) bond motifs is 1. The van der Waals surface area contributed by atoms with Gasteiger partial charge in [0.05, 0.1) is 54.1 Å². The fraction of sp³-hybridized carbons (Fsp3) is 0.346. The molecule has 0 spiro atoms. The van der Waals surface area contributed by atoms with E-state index < -0.39 is 0 Å². The van der Waals surface area contributed by atoms with Gasteiger partial charge >= 0.3 is 0 Å². The van der Waals surface area contributed by atoms with Crippen LogP contribution in [0.15, 0.2) is 43.1 Å². The molecule has 2 N–H and O–H groups in total. The highest BCUT2D eigenvalue weighted by atomic mass is 35.5. The zero-order valence-electron chi connectivity index (χ0n) is 20.5. The fourth-order valence-corrected chi connectivity index (χ4v) is 4.98. The van der Waals surface area contributed by atoms with Crippen molar-refractivity contribution in [1.82, 2.24) is 15.3 Å². The first-order valence-corrected chi connectivity index (χ1v) is 12.1. The largest absolute Gasteiger partial charge is 0.495 e. The fourth-order valence-electron chi connectivity index (χ4n) is 4.26. The predicted octanol–water partition coefficient (Wildman–Crippen LogP) is 5.27. The van der Waals surface area contributed by atoms with Gasteiger partial charge < -0.3 is 24.8 Å². The van der Waals surface area contributed by atoms with Crippen molar-refractivity contribution in [3.63, 3.8) is 0 Å². The Labute approximate surface area is 220 Å². The standard InChI is InChI=1S/C26H28Cl2N4O4/c1-6-21(33)30-17-11-26(2,3)36-13-18(17)32-25-29-12-15-9-14(7-8-16(15)31-25)22-23(27)19(34-4)10-20(35-5)24(22)28/h6-10,12,17-18H,1,11,13H2,2-5H3,(H,30,33)(H,29,31,32)/t17-,18+/m0/s1. The lowest BCUT2D eigenvalue weighted by molar-refractivity contribution is -0.120. The Bertz CT molecular complexity index is 1290. The van der Waals surface area contributed by atoms with Gasteiger partial charge in [0.25, 0.3) is 0 Å². The minimum Gasteiger partial charge on any atom is -0.495 e. The van der Waals surface area contributed by atoms with Crippen LogP contribution in [-0.2, 0) is 9.53 Å². The molecule has 8 nitrogen and oxygen atoms in total. The second-order valence-electron chi connectivity index (χ2n) is 9.10. The normalized spacial score (nSPS) is 18.9. The van der Waals surface area contributed by atoms with Gasteiger partial charge in [-0.3, -0.25) is 4.79 Å². The number of amides is 1. The minimum absolute atomic E-state index is 0.173. The second-order valence-corrected chi connectivity index (χ2v) is 9.85. The average molecular weight is 531 g/mol. The molecule has 1 aromatic heterocycles. The lowest BCUT2D eigenvalue weighted by Gasteiger charge is -2.41. The van der Waals surface area contributed by atoms with Crippen LogP contribution in [-0.4, -0.2) is 54.4 Å². The Morgan fingerprint density at radius 2 is 1.86 bits per heavy atom.